The lowest BCUT2D eigenvalue weighted by Gasteiger charge is -2.09. The molecule has 1 aromatic carbocycles. The first-order valence-electron chi connectivity index (χ1n) is 5.92. The molecule has 114 valence electrons. The van der Waals surface area contributed by atoms with Crippen LogP contribution in [0.4, 0.5) is 4.79 Å². The van der Waals surface area contributed by atoms with Gasteiger partial charge in [0.1, 0.15) is 0 Å². The Balaban J connectivity index is 2.55. The molecule has 0 atom stereocenters. The van der Waals surface area contributed by atoms with Crippen LogP contribution in [-0.4, -0.2) is 38.7 Å². The van der Waals surface area contributed by atoms with Crippen molar-refractivity contribution in [2.45, 2.75) is 6.42 Å². The third-order valence-electron chi connectivity index (χ3n) is 2.42. The Morgan fingerprint density at radius 1 is 1.14 bits per heavy atom. The van der Waals surface area contributed by atoms with Gasteiger partial charge in [0.05, 0.1) is 20.6 Å². The summed E-state index contributed by atoms with van der Waals surface area (Å²) in [6.07, 6.45) is -0.0514. The Hall–Kier alpha value is -2.77. The van der Waals surface area contributed by atoms with E-state index in [2.05, 4.69) is 0 Å². The first kappa shape index (κ1) is 16.3. The standard InChI is InChI=1S/C13H16N2O6/c1-19-9-4-3-8(5-10(9)20-2)6-12(17)21-7-11(16)15-13(14)18/h3-5H,6-7H2,1-2H3,(H3,14,15,16,18). The molecule has 8 nitrogen and oxygen atoms in total. The number of methoxy groups -OCH3 is 2. The normalized spacial score (nSPS) is 9.62. The van der Waals surface area contributed by atoms with Gasteiger partial charge in [0.2, 0.25) is 0 Å². The number of benzene rings is 1. The fourth-order valence-corrected chi connectivity index (χ4v) is 1.53. The van der Waals surface area contributed by atoms with E-state index in [1.54, 1.807) is 23.5 Å². The molecule has 0 aromatic heterocycles. The number of nitrogens with two attached hydrogens (primary N) is 1. The Morgan fingerprint density at radius 2 is 1.81 bits per heavy atom. The van der Waals surface area contributed by atoms with E-state index in [-0.39, 0.29) is 6.42 Å². The van der Waals surface area contributed by atoms with E-state index in [1.807, 2.05) is 0 Å². The van der Waals surface area contributed by atoms with Gasteiger partial charge in [0.25, 0.3) is 5.91 Å². The fraction of sp³-hybridized carbons (Fsp3) is 0.308. The van der Waals surface area contributed by atoms with Gasteiger partial charge in [-0.15, -0.1) is 0 Å². The van der Waals surface area contributed by atoms with Crippen LogP contribution in [0.1, 0.15) is 5.56 Å². The molecule has 0 spiro atoms. The van der Waals surface area contributed by atoms with Gasteiger partial charge in [-0.2, -0.15) is 0 Å². The Kier molecular flexibility index (Phi) is 5.99. The summed E-state index contributed by atoms with van der Waals surface area (Å²) < 4.78 is 14.9. The molecule has 1 rings (SSSR count). The summed E-state index contributed by atoms with van der Waals surface area (Å²) in [5.74, 6) is -0.394. The van der Waals surface area contributed by atoms with Gasteiger partial charge in [0.15, 0.2) is 18.1 Å². The highest BCUT2D eigenvalue weighted by Gasteiger charge is 2.11. The Morgan fingerprint density at radius 3 is 2.38 bits per heavy atom. The number of nitrogens with one attached hydrogen (secondary N) is 1. The molecule has 0 unspecified atom stereocenters. The van der Waals surface area contributed by atoms with Crippen LogP contribution < -0.4 is 20.5 Å². The molecule has 0 fully saturated rings. The minimum Gasteiger partial charge on any atom is -0.493 e. The first-order chi connectivity index (χ1) is 9.96. The number of esters is 1. The van der Waals surface area contributed by atoms with E-state index in [4.69, 9.17) is 19.9 Å². The van der Waals surface area contributed by atoms with Gasteiger partial charge >= 0.3 is 12.0 Å². The first-order valence-corrected chi connectivity index (χ1v) is 5.92. The molecule has 0 saturated heterocycles. The predicted molar refractivity (Wildman–Crippen MR) is 71.9 cm³/mol. The minimum atomic E-state index is -1.00. The topological polar surface area (TPSA) is 117 Å². The SMILES string of the molecule is COc1ccc(CC(=O)OCC(=O)NC(N)=O)cc1OC. The van der Waals surface area contributed by atoms with Crippen LogP contribution in [-0.2, 0) is 20.7 Å². The maximum Gasteiger partial charge on any atom is 0.318 e. The molecule has 3 amide bonds. The van der Waals surface area contributed by atoms with Gasteiger partial charge in [-0.25, -0.2) is 4.79 Å². The van der Waals surface area contributed by atoms with Gasteiger partial charge in [-0.3, -0.25) is 14.9 Å². The van der Waals surface area contributed by atoms with Crippen LogP contribution in [0.3, 0.4) is 0 Å². The molecule has 0 bridgehead atoms. The van der Waals surface area contributed by atoms with Gasteiger partial charge in [-0.05, 0) is 17.7 Å². The van der Waals surface area contributed by atoms with E-state index in [1.165, 1.54) is 14.2 Å². The quantitative estimate of drug-likeness (QED) is 0.713. The minimum absolute atomic E-state index is 0.0514. The highest BCUT2D eigenvalue weighted by Crippen LogP contribution is 2.27. The molecular formula is C13H16N2O6. The summed E-state index contributed by atoms with van der Waals surface area (Å²) in [6, 6.07) is 3.95. The molecule has 0 radical (unpaired) electrons. The van der Waals surface area contributed by atoms with Crippen molar-refractivity contribution in [1.29, 1.82) is 0 Å². The fourth-order valence-electron chi connectivity index (χ4n) is 1.53. The molecular weight excluding hydrogens is 280 g/mol. The summed E-state index contributed by atoms with van der Waals surface area (Å²) in [5.41, 5.74) is 5.38. The molecule has 0 aliphatic rings. The van der Waals surface area contributed by atoms with Crippen molar-refractivity contribution in [3.8, 4) is 11.5 Å². The summed E-state index contributed by atoms with van der Waals surface area (Å²) >= 11 is 0. The number of imide groups is 1. The number of hydrogen-bond acceptors (Lipinski definition) is 6. The van der Waals surface area contributed by atoms with E-state index in [0.29, 0.717) is 17.1 Å². The van der Waals surface area contributed by atoms with Crippen LogP contribution in [0.5, 0.6) is 11.5 Å². The van der Waals surface area contributed by atoms with E-state index in [9.17, 15) is 14.4 Å². The number of carbonyl (C=O) groups excluding carboxylic acids is 3. The van der Waals surface area contributed by atoms with Crippen molar-refractivity contribution < 1.29 is 28.6 Å². The molecule has 0 heterocycles. The Labute approximate surface area is 121 Å². The van der Waals surface area contributed by atoms with E-state index >= 15 is 0 Å². The lowest BCUT2D eigenvalue weighted by atomic mass is 10.1. The van der Waals surface area contributed by atoms with E-state index < -0.39 is 24.5 Å². The maximum absolute atomic E-state index is 11.6. The molecule has 0 aliphatic carbocycles. The highest BCUT2D eigenvalue weighted by molar-refractivity contribution is 5.94. The lowest BCUT2D eigenvalue weighted by Crippen LogP contribution is -2.37. The second kappa shape index (κ2) is 7.73. The highest BCUT2D eigenvalue weighted by atomic mass is 16.5. The summed E-state index contributed by atoms with van der Waals surface area (Å²) in [5, 5.41) is 1.78. The summed E-state index contributed by atoms with van der Waals surface area (Å²) in [6.45, 7) is -0.574. The number of urea groups is 1. The molecule has 0 saturated carbocycles. The summed E-state index contributed by atoms with van der Waals surface area (Å²) in [4.78, 5) is 33.0. The number of hydrogen-bond donors (Lipinski definition) is 2. The second-order valence-corrected chi connectivity index (χ2v) is 3.94. The van der Waals surface area contributed by atoms with Gasteiger partial charge < -0.3 is 19.9 Å². The Bertz CT molecular complexity index is 543. The monoisotopic (exact) mass is 296 g/mol. The number of ether oxygens (including phenoxy) is 3. The zero-order chi connectivity index (χ0) is 15.8. The molecule has 0 aliphatic heterocycles. The van der Waals surface area contributed by atoms with Crippen molar-refractivity contribution in [1.82, 2.24) is 5.32 Å². The van der Waals surface area contributed by atoms with E-state index in [0.717, 1.165) is 0 Å². The van der Waals surface area contributed by atoms with Crippen LogP contribution in [0, 0.1) is 0 Å². The molecule has 8 heteroatoms. The molecule has 3 N–H and O–H groups in total. The molecule has 21 heavy (non-hydrogen) atoms. The van der Waals surface area contributed by atoms with Crippen LogP contribution in [0.25, 0.3) is 0 Å². The van der Waals surface area contributed by atoms with Crippen LogP contribution in [0.2, 0.25) is 0 Å². The average molecular weight is 296 g/mol. The van der Waals surface area contributed by atoms with Crippen LogP contribution in [0.15, 0.2) is 18.2 Å². The van der Waals surface area contributed by atoms with Crippen molar-refractivity contribution >= 4 is 17.9 Å². The third kappa shape index (κ3) is 5.39. The van der Waals surface area contributed by atoms with Crippen molar-refractivity contribution in [3.05, 3.63) is 23.8 Å². The number of carbonyl (C=O) groups is 3. The zero-order valence-corrected chi connectivity index (χ0v) is 11.7. The predicted octanol–water partition coefficient (Wildman–Crippen LogP) is -0.0156. The van der Waals surface area contributed by atoms with Crippen molar-refractivity contribution in [2.24, 2.45) is 5.73 Å². The van der Waals surface area contributed by atoms with Gasteiger partial charge in [0, 0.05) is 0 Å². The largest absolute Gasteiger partial charge is 0.493 e. The van der Waals surface area contributed by atoms with Crippen LogP contribution >= 0.6 is 0 Å². The zero-order valence-electron chi connectivity index (χ0n) is 11.7. The smallest absolute Gasteiger partial charge is 0.318 e. The maximum atomic E-state index is 11.6. The third-order valence-corrected chi connectivity index (χ3v) is 2.42. The van der Waals surface area contributed by atoms with Crippen molar-refractivity contribution in [3.63, 3.8) is 0 Å². The lowest BCUT2D eigenvalue weighted by molar-refractivity contribution is -0.147. The molecule has 1 aromatic rings. The van der Waals surface area contributed by atoms with Crippen molar-refractivity contribution in [2.75, 3.05) is 20.8 Å². The number of rotatable bonds is 6. The number of amides is 3. The van der Waals surface area contributed by atoms with Gasteiger partial charge in [-0.1, -0.05) is 6.07 Å². The average Bonchev–Trinajstić information content (AvgIpc) is 2.44. The summed E-state index contributed by atoms with van der Waals surface area (Å²) in [7, 11) is 2.98. The second-order valence-electron chi connectivity index (χ2n) is 3.94. The number of primary amides is 1.